The van der Waals surface area contributed by atoms with Crippen LogP contribution in [0.4, 0.5) is 0 Å². The van der Waals surface area contributed by atoms with E-state index in [2.05, 4.69) is 54.5 Å². The van der Waals surface area contributed by atoms with Crippen molar-refractivity contribution in [1.82, 2.24) is 46.8 Å². The largest absolute Gasteiger partial charge is 0.480 e. The first kappa shape index (κ1) is 40.2. The molecule has 278 valence electrons. The highest BCUT2D eigenvalue weighted by molar-refractivity contribution is 7.80. The first-order chi connectivity index (χ1) is 23.8. The molecule has 0 unspecified atom stereocenters. The van der Waals surface area contributed by atoms with Gasteiger partial charge in [-0.05, 0) is 45.6 Å². The Bertz CT molecular complexity index is 1330. The van der Waals surface area contributed by atoms with Gasteiger partial charge in [-0.3, -0.25) is 33.6 Å². The molecule has 1 aromatic rings. The molecule has 0 spiro atoms. The molecule has 1 aliphatic heterocycles. The maximum Gasteiger partial charge on any atom is 0.325 e. The molecule has 2 aliphatic rings. The van der Waals surface area contributed by atoms with Crippen LogP contribution in [0.3, 0.4) is 0 Å². The maximum absolute atomic E-state index is 13.3. The van der Waals surface area contributed by atoms with Crippen LogP contribution in [-0.4, -0.2) is 124 Å². The van der Waals surface area contributed by atoms with Gasteiger partial charge in [-0.25, -0.2) is 4.98 Å². The third kappa shape index (κ3) is 12.3. The van der Waals surface area contributed by atoms with Crippen LogP contribution in [-0.2, 0) is 40.0 Å². The molecule has 0 bridgehead atoms. The molecule has 1 aromatic heterocycles. The van der Waals surface area contributed by atoms with Gasteiger partial charge in [0.05, 0.1) is 18.9 Å². The second-order valence-electron chi connectivity index (χ2n) is 13.0. The standard InChI is InChI=1S/C32H51N9O8S/c1-18(37-29(45)23(12-20-8-5-4-6-9-20)39-28(44)22-10-7-11-34-22)27(43)35-15-26(42)41(3)25(16-50)31(47)40-24(13-21-14-33-17-36-21)30(46)38-19(2)32(48)49/h14,17-20,22-25,34,50H,4-13,15-16H2,1-3H3,(H,33,36)(H,35,43)(H,37,45)(H,38,46)(H,39,44)(H,40,47)(H,48,49)/t18-,19-,22-,23-,24-,25-/m0/s1. The number of imidazole rings is 1. The fraction of sp³-hybridized carbons (Fsp3) is 0.688. The van der Waals surface area contributed by atoms with Gasteiger partial charge in [-0.2, -0.15) is 12.6 Å². The number of nitrogens with one attached hydrogen (secondary N) is 7. The van der Waals surface area contributed by atoms with E-state index in [-0.39, 0.29) is 30.0 Å². The van der Waals surface area contributed by atoms with Gasteiger partial charge in [0.15, 0.2) is 0 Å². The van der Waals surface area contributed by atoms with Crippen molar-refractivity contribution < 1.29 is 38.7 Å². The summed E-state index contributed by atoms with van der Waals surface area (Å²) in [4.78, 5) is 97.4. The molecule has 0 radical (unpaired) electrons. The minimum Gasteiger partial charge on any atom is -0.480 e. The van der Waals surface area contributed by atoms with Crippen molar-refractivity contribution >= 4 is 54.0 Å². The number of carbonyl (C=O) groups excluding carboxylic acids is 6. The van der Waals surface area contributed by atoms with Crippen LogP contribution in [0.15, 0.2) is 12.5 Å². The molecule has 0 aromatic carbocycles. The first-order valence-corrected chi connectivity index (χ1v) is 17.7. The van der Waals surface area contributed by atoms with E-state index in [4.69, 9.17) is 0 Å². The lowest BCUT2D eigenvalue weighted by Gasteiger charge is -2.29. The third-order valence-electron chi connectivity index (χ3n) is 9.15. The van der Waals surface area contributed by atoms with Crippen LogP contribution >= 0.6 is 12.6 Å². The van der Waals surface area contributed by atoms with E-state index in [1.807, 2.05) is 0 Å². The van der Waals surface area contributed by atoms with E-state index in [9.17, 15) is 38.7 Å². The summed E-state index contributed by atoms with van der Waals surface area (Å²) in [5, 5.41) is 25.3. The third-order valence-corrected chi connectivity index (χ3v) is 9.49. The zero-order chi connectivity index (χ0) is 36.8. The number of aromatic amines is 1. The van der Waals surface area contributed by atoms with E-state index in [0.29, 0.717) is 18.5 Å². The van der Waals surface area contributed by atoms with Crippen molar-refractivity contribution in [2.45, 2.75) is 108 Å². The van der Waals surface area contributed by atoms with Gasteiger partial charge in [0, 0.05) is 31.1 Å². The molecule has 2 heterocycles. The lowest BCUT2D eigenvalue weighted by Crippen LogP contribution is -2.58. The second-order valence-corrected chi connectivity index (χ2v) is 13.4. The summed E-state index contributed by atoms with van der Waals surface area (Å²) in [6, 6.07) is -5.79. The van der Waals surface area contributed by atoms with Crippen LogP contribution in [0.1, 0.15) is 70.9 Å². The second kappa shape index (κ2) is 19.9. The first-order valence-electron chi connectivity index (χ1n) is 17.1. The fourth-order valence-corrected chi connectivity index (χ4v) is 6.42. The van der Waals surface area contributed by atoms with Gasteiger partial charge in [0.25, 0.3) is 0 Å². The van der Waals surface area contributed by atoms with Gasteiger partial charge < -0.3 is 46.9 Å². The summed E-state index contributed by atoms with van der Waals surface area (Å²) < 4.78 is 0. The van der Waals surface area contributed by atoms with Gasteiger partial charge in [0.2, 0.25) is 35.4 Å². The molecule has 1 aliphatic carbocycles. The Kier molecular flexibility index (Phi) is 16.0. The predicted octanol–water partition coefficient (Wildman–Crippen LogP) is -1.39. The number of likely N-dealkylation sites (N-methyl/N-ethyl adjacent to an activating group) is 1. The summed E-state index contributed by atoms with van der Waals surface area (Å²) in [5.41, 5.74) is 0.498. The molecule has 2 fully saturated rings. The summed E-state index contributed by atoms with van der Waals surface area (Å²) >= 11 is 4.21. The van der Waals surface area contributed by atoms with Crippen molar-refractivity contribution in [2.24, 2.45) is 5.92 Å². The molecular formula is C32H51N9O8S. The van der Waals surface area contributed by atoms with Crippen molar-refractivity contribution in [3.05, 3.63) is 18.2 Å². The molecule has 50 heavy (non-hydrogen) atoms. The number of carboxylic acid groups (broad SMARTS) is 1. The highest BCUT2D eigenvalue weighted by Gasteiger charge is 2.33. The molecule has 18 heteroatoms. The summed E-state index contributed by atoms with van der Waals surface area (Å²) in [5.74, 6) is -4.61. The van der Waals surface area contributed by atoms with E-state index in [0.717, 1.165) is 50.0 Å². The zero-order valence-electron chi connectivity index (χ0n) is 28.8. The number of H-pyrrole nitrogens is 1. The molecular weight excluding hydrogens is 670 g/mol. The summed E-state index contributed by atoms with van der Waals surface area (Å²) in [6.45, 7) is 2.98. The normalized spacial score (nSPS) is 19.2. The van der Waals surface area contributed by atoms with Crippen LogP contribution < -0.4 is 31.9 Å². The molecule has 17 nitrogen and oxygen atoms in total. The van der Waals surface area contributed by atoms with Crippen molar-refractivity contribution in [1.29, 1.82) is 0 Å². The van der Waals surface area contributed by atoms with Crippen molar-refractivity contribution in [2.75, 3.05) is 25.9 Å². The number of aromatic nitrogens is 2. The van der Waals surface area contributed by atoms with Crippen molar-refractivity contribution in [3.8, 4) is 0 Å². The van der Waals surface area contributed by atoms with Gasteiger partial charge in [0.1, 0.15) is 30.2 Å². The topological polar surface area (TPSA) is 244 Å². The number of amides is 6. The van der Waals surface area contributed by atoms with E-state index < -0.39 is 72.3 Å². The highest BCUT2D eigenvalue weighted by Crippen LogP contribution is 2.27. The van der Waals surface area contributed by atoms with Crippen molar-refractivity contribution in [3.63, 3.8) is 0 Å². The lowest BCUT2D eigenvalue weighted by atomic mass is 9.84. The van der Waals surface area contributed by atoms with Crippen LogP contribution in [0, 0.1) is 5.92 Å². The number of hydrogen-bond donors (Lipinski definition) is 9. The van der Waals surface area contributed by atoms with Crippen LogP contribution in [0.2, 0.25) is 0 Å². The Balaban J connectivity index is 1.56. The Morgan fingerprint density at radius 2 is 1.58 bits per heavy atom. The zero-order valence-corrected chi connectivity index (χ0v) is 29.7. The Morgan fingerprint density at radius 1 is 0.900 bits per heavy atom. The maximum atomic E-state index is 13.3. The number of carbonyl (C=O) groups is 7. The number of thiol groups is 1. The number of rotatable bonds is 18. The SMILES string of the molecule is C[C@H](NC(=O)[C@H](Cc1cnc[nH]1)NC(=O)[C@H](CS)N(C)C(=O)CNC(=O)[C@H](C)NC(=O)[C@H](CC1CCCCC1)NC(=O)[C@@H]1CCCN1)C(=O)O. The highest BCUT2D eigenvalue weighted by atomic mass is 32.1. The minimum atomic E-state index is -1.26. The van der Waals surface area contributed by atoms with E-state index >= 15 is 0 Å². The van der Waals surface area contributed by atoms with Gasteiger partial charge in [-0.1, -0.05) is 32.1 Å². The molecule has 6 atom stereocenters. The van der Waals surface area contributed by atoms with E-state index in [1.165, 1.54) is 33.4 Å². The minimum absolute atomic E-state index is 0.0385. The fourth-order valence-electron chi connectivity index (χ4n) is 6.01. The lowest BCUT2D eigenvalue weighted by molar-refractivity contribution is -0.142. The van der Waals surface area contributed by atoms with Gasteiger partial charge >= 0.3 is 5.97 Å². The quantitative estimate of drug-likeness (QED) is 0.0804. The average Bonchev–Trinajstić information content (AvgIpc) is 3.82. The number of nitrogens with zero attached hydrogens (tertiary/aromatic N) is 2. The van der Waals surface area contributed by atoms with E-state index in [1.54, 1.807) is 0 Å². The Hall–Kier alpha value is -4.19. The number of hydrogen-bond acceptors (Lipinski definition) is 10. The predicted molar refractivity (Wildman–Crippen MR) is 185 cm³/mol. The summed E-state index contributed by atoms with van der Waals surface area (Å²) in [7, 11) is 1.34. The number of carboxylic acids is 1. The molecule has 8 N–H and O–H groups in total. The Morgan fingerprint density at radius 3 is 2.18 bits per heavy atom. The molecule has 3 rings (SSSR count). The molecule has 1 saturated heterocycles. The van der Waals surface area contributed by atoms with Crippen LogP contribution in [0.5, 0.6) is 0 Å². The average molecular weight is 722 g/mol. The molecule has 1 saturated carbocycles. The summed E-state index contributed by atoms with van der Waals surface area (Å²) in [6.07, 6.45) is 10.1. The van der Waals surface area contributed by atoms with Crippen LogP contribution in [0.25, 0.3) is 0 Å². The smallest absolute Gasteiger partial charge is 0.325 e. The van der Waals surface area contributed by atoms with Gasteiger partial charge in [-0.15, -0.1) is 0 Å². The number of aliphatic carboxylic acids is 1. The monoisotopic (exact) mass is 721 g/mol. The Labute approximate surface area is 297 Å². The molecule has 6 amide bonds.